The lowest BCUT2D eigenvalue weighted by atomic mass is 10.3. The zero-order valence-corrected chi connectivity index (χ0v) is 11.4. The van der Waals surface area contributed by atoms with Gasteiger partial charge in [-0.3, -0.25) is 9.36 Å². The van der Waals surface area contributed by atoms with Crippen LogP contribution in [0.2, 0.25) is 0 Å². The summed E-state index contributed by atoms with van der Waals surface area (Å²) in [6.07, 6.45) is 2.60. The summed E-state index contributed by atoms with van der Waals surface area (Å²) in [5, 5.41) is 0.618. The van der Waals surface area contributed by atoms with Gasteiger partial charge in [0.05, 0.1) is 13.2 Å². The van der Waals surface area contributed by atoms with Crippen molar-refractivity contribution in [2.75, 3.05) is 13.2 Å². The first-order chi connectivity index (χ1) is 8.01. The number of carbonyl (C=O) groups is 1. The zero-order chi connectivity index (χ0) is 12.9. The van der Waals surface area contributed by atoms with Gasteiger partial charge in [0.15, 0.2) is 0 Å². The molecule has 5 nitrogen and oxygen atoms in total. The predicted octanol–water partition coefficient (Wildman–Crippen LogP) is 2.86. The molecule has 17 heavy (non-hydrogen) atoms. The van der Waals surface area contributed by atoms with Gasteiger partial charge in [0.2, 0.25) is 0 Å². The van der Waals surface area contributed by atoms with Crippen molar-refractivity contribution >= 4 is 13.6 Å². The Morgan fingerprint density at radius 3 is 2.47 bits per heavy atom. The SMILES string of the molecule is CCOP(=O)(OCC)C1=CC(OC(C)=O)CC1. The zero-order valence-electron chi connectivity index (χ0n) is 10.5. The number of ether oxygens (including phenoxy) is 1. The molecule has 0 amide bonds. The van der Waals surface area contributed by atoms with E-state index in [9.17, 15) is 9.36 Å². The average molecular weight is 262 g/mol. The molecular formula is C11H19O5P. The Morgan fingerprint density at radius 1 is 1.41 bits per heavy atom. The minimum atomic E-state index is -3.18. The van der Waals surface area contributed by atoms with E-state index < -0.39 is 7.60 Å². The molecule has 0 aromatic carbocycles. The third kappa shape index (κ3) is 3.95. The molecule has 0 bridgehead atoms. The van der Waals surface area contributed by atoms with Crippen molar-refractivity contribution in [3.63, 3.8) is 0 Å². The molecule has 0 aromatic heterocycles. The normalized spacial score (nSPS) is 20.2. The van der Waals surface area contributed by atoms with Gasteiger partial charge in [0.1, 0.15) is 6.10 Å². The van der Waals surface area contributed by atoms with Crippen LogP contribution in [0.5, 0.6) is 0 Å². The summed E-state index contributed by atoms with van der Waals surface area (Å²) >= 11 is 0. The Balaban J connectivity index is 2.76. The monoisotopic (exact) mass is 262 g/mol. The molecule has 0 fully saturated rings. The maximum absolute atomic E-state index is 12.4. The summed E-state index contributed by atoms with van der Waals surface area (Å²) in [4.78, 5) is 10.8. The Kier molecular flexibility index (Phi) is 5.37. The van der Waals surface area contributed by atoms with E-state index in [4.69, 9.17) is 13.8 Å². The minimum absolute atomic E-state index is 0.309. The van der Waals surface area contributed by atoms with Gasteiger partial charge in [-0.2, -0.15) is 0 Å². The van der Waals surface area contributed by atoms with Crippen molar-refractivity contribution in [2.24, 2.45) is 0 Å². The Morgan fingerprint density at radius 2 is 2.00 bits per heavy atom. The van der Waals surface area contributed by atoms with Crippen LogP contribution in [-0.4, -0.2) is 25.3 Å². The maximum atomic E-state index is 12.4. The van der Waals surface area contributed by atoms with E-state index in [1.165, 1.54) is 6.92 Å². The van der Waals surface area contributed by atoms with Gasteiger partial charge in [-0.05, 0) is 32.8 Å². The number of hydrogen-bond acceptors (Lipinski definition) is 5. The summed E-state index contributed by atoms with van der Waals surface area (Å²) < 4.78 is 27.9. The average Bonchev–Trinajstić information content (AvgIpc) is 2.66. The van der Waals surface area contributed by atoms with Gasteiger partial charge in [0, 0.05) is 12.2 Å². The summed E-state index contributed by atoms with van der Waals surface area (Å²) in [6.45, 7) is 5.55. The summed E-state index contributed by atoms with van der Waals surface area (Å²) in [5.41, 5.74) is 0. The van der Waals surface area contributed by atoms with Crippen molar-refractivity contribution in [1.82, 2.24) is 0 Å². The second kappa shape index (κ2) is 6.34. The van der Waals surface area contributed by atoms with E-state index in [1.807, 2.05) is 0 Å². The molecule has 0 aliphatic heterocycles. The van der Waals surface area contributed by atoms with E-state index in [-0.39, 0.29) is 12.1 Å². The molecule has 0 aromatic rings. The van der Waals surface area contributed by atoms with Crippen LogP contribution in [-0.2, 0) is 23.1 Å². The van der Waals surface area contributed by atoms with E-state index in [0.717, 1.165) is 0 Å². The minimum Gasteiger partial charge on any atom is -0.458 e. The highest BCUT2D eigenvalue weighted by atomic mass is 31.2. The third-order valence-electron chi connectivity index (χ3n) is 2.33. The highest BCUT2D eigenvalue weighted by Crippen LogP contribution is 2.59. The van der Waals surface area contributed by atoms with Gasteiger partial charge in [0.25, 0.3) is 0 Å². The molecule has 6 heteroatoms. The second-order valence-electron chi connectivity index (χ2n) is 3.68. The maximum Gasteiger partial charge on any atom is 0.357 e. The first-order valence-corrected chi connectivity index (χ1v) is 7.33. The van der Waals surface area contributed by atoms with Crippen LogP contribution in [0.25, 0.3) is 0 Å². The molecule has 0 saturated carbocycles. The van der Waals surface area contributed by atoms with Gasteiger partial charge in [-0.15, -0.1) is 0 Å². The molecule has 0 spiro atoms. The molecule has 0 saturated heterocycles. The molecule has 1 rings (SSSR count). The van der Waals surface area contributed by atoms with E-state index >= 15 is 0 Å². The van der Waals surface area contributed by atoms with Crippen LogP contribution in [0.15, 0.2) is 11.4 Å². The Hall–Kier alpha value is -0.640. The molecule has 0 radical (unpaired) electrons. The lowest BCUT2D eigenvalue weighted by Gasteiger charge is -2.17. The Labute approximate surface area is 102 Å². The molecule has 98 valence electrons. The van der Waals surface area contributed by atoms with Crippen LogP contribution < -0.4 is 0 Å². The molecule has 1 atom stereocenters. The van der Waals surface area contributed by atoms with Crippen LogP contribution in [0.1, 0.15) is 33.6 Å². The van der Waals surface area contributed by atoms with Crippen LogP contribution in [0, 0.1) is 0 Å². The number of carbonyl (C=O) groups excluding carboxylic acids is 1. The van der Waals surface area contributed by atoms with E-state index in [0.29, 0.717) is 31.4 Å². The van der Waals surface area contributed by atoms with Gasteiger partial charge in [-0.1, -0.05) is 0 Å². The lowest BCUT2D eigenvalue weighted by Crippen LogP contribution is -2.10. The Bertz CT molecular complexity index is 340. The largest absolute Gasteiger partial charge is 0.458 e. The fourth-order valence-electron chi connectivity index (χ4n) is 1.75. The van der Waals surface area contributed by atoms with Gasteiger partial charge in [-0.25, -0.2) is 0 Å². The standard InChI is InChI=1S/C11H19O5P/c1-4-14-17(13,15-5-2)11-7-6-10(8-11)16-9(3)12/h8,10H,4-7H2,1-3H3. The molecule has 0 heterocycles. The molecule has 1 aliphatic carbocycles. The quantitative estimate of drug-likeness (QED) is 0.544. The summed E-state index contributed by atoms with van der Waals surface area (Å²) in [5.74, 6) is -0.338. The summed E-state index contributed by atoms with van der Waals surface area (Å²) in [7, 11) is -3.18. The first-order valence-electron chi connectivity index (χ1n) is 5.79. The second-order valence-corrected chi connectivity index (χ2v) is 5.76. The molecule has 0 N–H and O–H groups in total. The highest BCUT2D eigenvalue weighted by molar-refractivity contribution is 7.58. The highest BCUT2D eigenvalue weighted by Gasteiger charge is 2.34. The fourth-order valence-corrected chi connectivity index (χ4v) is 3.59. The van der Waals surface area contributed by atoms with Crippen molar-refractivity contribution < 1.29 is 23.1 Å². The lowest BCUT2D eigenvalue weighted by molar-refractivity contribution is -0.144. The van der Waals surface area contributed by atoms with Gasteiger partial charge < -0.3 is 13.8 Å². The number of hydrogen-bond donors (Lipinski definition) is 0. The van der Waals surface area contributed by atoms with Crippen molar-refractivity contribution in [3.8, 4) is 0 Å². The first kappa shape index (κ1) is 14.4. The summed E-state index contributed by atoms with van der Waals surface area (Å²) in [6, 6.07) is 0. The fraction of sp³-hybridized carbons (Fsp3) is 0.727. The smallest absolute Gasteiger partial charge is 0.357 e. The van der Waals surface area contributed by atoms with Crippen molar-refractivity contribution in [1.29, 1.82) is 0 Å². The van der Waals surface area contributed by atoms with Gasteiger partial charge >= 0.3 is 13.6 Å². The molecule has 1 unspecified atom stereocenters. The molecular weight excluding hydrogens is 243 g/mol. The molecule has 1 aliphatic rings. The van der Waals surface area contributed by atoms with E-state index in [2.05, 4.69) is 0 Å². The number of esters is 1. The van der Waals surface area contributed by atoms with Crippen LogP contribution in [0.3, 0.4) is 0 Å². The van der Waals surface area contributed by atoms with Crippen LogP contribution >= 0.6 is 7.60 Å². The van der Waals surface area contributed by atoms with E-state index in [1.54, 1.807) is 19.9 Å². The number of allylic oxidation sites excluding steroid dienone is 1. The topological polar surface area (TPSA) is 61.8 Å². The predicted molar refractivity (Wildman–Crippen MR) is 63.7 cm³/mol. The van der Waals surface area contributed by atoms with Crippen molar-refractivity contribution in [2.45, 2.75) is 39.7 Å². The van der Waals surface area contributed by atoms with Crippen LogP contribution in [0.4, 0.5) is 0 Å². The number of rotatable bonds is 6. The third-order valence-corrected chi connectivity index (χ3v) is 4.60. The van der Waals surface area contributed by atoms with Crippen molar-refractivity contribution in [3.05, 3.63) is 11.4 Å².